The first-order valence-corrected chi connectivity index (χ1v) is 5.73. The van der Waals surface area contributed by atoms with Crippen LogP contribution >= 0.6 is 0 Å². The van der Waals surface area contributed by atoms with E-state index in [2.05, 4.69) is 11.7 Å². The molecule has 0 aliphatic carbocycles. The fraction of sp³-hybridized carbons (Fsp3) is 0.917. The lowest BCUT2D eigenvalue weighted by Gasteiger charge is -2.27. The number of rotatable bonds is 7. The van der Waals surface area contributed by atoms with Gasteiger partial charge in [0.1, 0.15) is 0 Å². The van der Waals surface area contributed by atoms with Gasteiger partial charge in [-0.1, -0.05) is 32.6 Å². The number of hydrogen-bond donors (Lipinski definition) is 1. The fourth-order valence-electron chi connectivity index (χ4n) is 1.52. The average molecular weight is 216 g/mol. The molecule has 0 saturated carbocycles. The number of aliphatic hydroxyl groups is 1. The number of aliphatic hydroxyl groups excluding tert-OH is 1. The first-order valence-electron chi connectivity index (χ1n) is 5.73. The molecule has 0 aliphatic rings. The van der Waals surface area contributed by atoms with E-state index < -0.39 is 11.5 Å². The Kier molecular flexibility index (Phi) is 6.57. The van der Waals surface area contributed by atoms with Gasteiger partial charge in [0.2, 0.25) is 0 Å². The molecule has 0 aliphatic heterocycles. The lowest BCUT2D eigenvalue weighted by atomic mass is 9.84. The maximum absolute atomic E-state index is 11.4. The number of methoxy groups -OCH3 is 1. The molecule has 0 fully saturated rings. The van der Waals surface area contributed by atoms with Crippen LogP contribution in [0.2, 0.25) is 0 Å². The van der Waals surface area contributed by atoms with Crippen LogP contribution < -0.4 is 0 Å². The van der Waals surface area contributed by atoms with E-state index in [1.54, 1.807) is 13.8 Å². The second kappa shape index (κ2) is 6.83. The molecule has 1 N–H and O–H groups in total. The molecule has 0 heterocycles. The van der Waals surface area contributed by atoms with Crippen molar-refractivity contribution in [3.05, 3.63) is 0 Å². The van der Waals surface area contributed by atoms with Gasteiger partial charge in [-0.15, -0.1) is 0 Å². The normalized spacial score (nSPS) is 13.7. The summed E-state index contributed by atoms with van der Waals surface area (Å²) in [5.74, 6) is -0.342. The zero-order chi connectivity index (χ0) is 11.9. The van der Waals surface area contributed by atoms with E-state index in [0.717, 1.165) is 12.8 Å². The Bertz CT molecular complexity index is 187. The Morgan fingerprint density at radius 2 is 1.93 bits per heavy atom. The SMILES string of the molecule is CCCCCCC(O)C(C)(C)C(=O)OC. The lowest BCUT2D eigenvalue weighted by Crippen LogP contribution is -2.38. The smallest absolute Gasteiger partial charge is 0.313 e. The van der Waals surface area contributed by atoms with Gasteiger partial charge in [0, 0.05) is 0 Å². The van der Waals surface area contributed by atoms with E-state index in [0.29, 0.717) is 6.42 Å². The van der Waals surface area contributed by atoms with Crippen molar-refractivity contribution in [2.75, 3.05) is 7.11 Å². The molecule has 1 unspecified atom stereocenters. The predicted octanol–water partition coefficient (Wildman–Crippen LogP) is 2.52. The minimum atomic E-state index is -0.791. The Balaban J connectivity index is 3.96. The third-order valence-electron chi connectivity index (χ3n) is 2.88. The third-order valence-corrected chi connectivity index (χ3v) is 2.88. The molecule has 0 spiro atoms. The molecule has 3 heteroatoms. The second-order valence-electron chi connectivity index (χ2n) is 4.58. The molecule has 1 atom stereocenters. The summed E-state index contributed by atoms with van der Waals surface area (Å²) in [5.41, 5.74) is -0.791. The van der Waals surface area contributed by atoms with E-state index in [-0.39, 0.29) is 5.97 Å². The Hall–Kier alpha value is -0.570. The van der Waals surface area contributed by atoms with Crippen LogP contribution in [0.4, 0.5) is 0 Å². The number of hydrogen-bond acceptors (Lipinski definition) is 3. The monoisotopic (exact) mass is 216 g/mol. The van der Waals surface area contributed by atoms with Crippen LogP contribution in [0.15, 0.2) is 0 Å². The molecule has 0 bridgehead atoms. The number of carbonyl (C=O) groups excluding carboxylic acids is 1. The summed E-state index contributed by atoms with van der Waals surface area (Å²) in [5, 5.41) is 9.88. The highest BCUT2D eigenvalue weighted by Crippen LogP contribution is 2.26. The van der Waals surface area contributed by atoms with Crippen LogP contribution in [-0.4, -0.2) is 24.3 Å². The second-order valence-corrected chi connectivity index (χ2v) is 4.58. The maximum Gasteiger partial charge on any atom is 0.313 e. The van der Waals surface area contributed by atoms with E-state index in [1.807, 2.05) is 0 Å². The highest BCUT2D eigenvalue weighted by molar-refractivity contribution is 5.76. The van der Waals surface area contributed by atoms with Crippen molar-refractivity contribution in [2.45, 2.75) is 59.0 Å². The molecule has 0 aromatic heterocycles. The number of unbranched alkanes of at least 4 members (excludes halogenated alkanes) is 3. The zero-order valence-corrected chi connectivity index (χ0v) is 10.4. The van der Waals surface area contributed by atoms with Gasteiger partial charge in [0.25, 0.3) is 0 Å². The van der Waals surface area contributed by atoms with Gasteiger partial charge in [-0.25, -0.2) is 0 Å². The predicted molar refractivity (Wildman–Crippen MR) is 60.6 cm³/mol. The average Bonchev–Trinajstić information content (AvgIpc) is 2.22. The quantitative estimate of drug-likeness (QED) is 0.525. The first-order chi connectivity index (χ1) is 6.96. The van der Waals surface area contributed by atoms with Crippen molar-refractivity contribution in [1.29, 1.82) is 0 Å². The topological polar surface area (TPSA) is 46.5 Å². The van der Waals surface area contributed by atoms with E-state index in [1.165, 1.54) is 20.0 Å². The van der Waals surface area contributed by atoms with Crippen LogP contribution in [0.3, 0.4) is 0 Å². The summed E-state index contributed by atoms with van der Waals surface area (Å²) in [6, 6.07) is 0. The molecule has 0 amide bonds. The van der Waals surface area contributed by atoms with Gasteiger partial charge in [0.05, 0.1) is 18.6 Å². The minimum Gasteiger partial charge on any atom is -0.469 e. The van der Waals surface area contributed by atoms with E-state index >= 15 is 0 Å². The first kappa shape index (κ1) is 14.4. The van der Waals surface area contributed by atoms with Gasteiger partial charge in [-0.05, 0) is 20.3 Å². The molecule has 0 aromatic rings. The highest BCUT2D eigenvalue weighted by atomic mass is 16.5. The summed E-state index contributed by atoms with van der Waals surface area (Å²) < 4.78 is 4.66. The molecule has 0 radical (unpaired) electrons. The van der Waals surface area contributed by atoms with Gasteiger partial charge in [-0.2, -0.15) is 0 Å². The highest BCUT2D eigenvalue weighted by Gasteiger charge is 2.36. The maximum atomic E-state index is 11.4. The van der Waals surface area contributed by atoms with Crippen LogP contribution in [0.5, 0.6) is 0 Å². The van der Waals surface area contributed by atoms with Crippen molar-refractivity contribution in [3.8, 4) is 0 Å². The zero-order valence-electron chi connectivity index (χ0n) is 10.4. The molecular formula is C12H24O3. The van der Waals surface area contributed by atoms with Gasteiger partial charge >= 0.3 is 5.97 Å². The van der Waals surface area contributed by atoms with Crippen molar-refractivity contribution < 1.29 is 14.6 Å². The van der Waals surface area contributed by atoms with Crippen molar-refractivity contribution in [2.24, 2.45) is 5.41 Å². The van der Waals surface area contributed by atoms with Crippen molar-refractivity contribution in [3.63, 3.8) is 0 Å². The van der Waals surface area contributed by atoms with Crippen LogP contribution in [0.1, 0.15) is 52.9 Å². The summed E-state index contributed by atoms with van der Waals surface area (Å²) in [6.45, 7) is 5.60. The lowest BCUT2D eigenvalue weighted by molar-refractivity contribution is -0.157. The van der Waals surface area contributed by atoms with Gasteiger partial charge in [0.15, 0.2) is 0 Å². The molecular weight excluding hydrogens is 192 g/mol. The van der Waals surface area contributed by atoms with Crippen molar-refractivity contribution in [1.82, 2.24) is 0 Å². The molecule has 0 aromatic carbocycles. The van der Waals surface area contributed by atoms with Crippen LogP contribution in [-0.2, 0) is 9.53 Å². The number of esters is 1. The van der Waals surface area contributed by atoms with Gasteiger partial charge < -0.3 is 9.84 Å². The third kappa shape index (κ3) is 4.65. The summed E-state index contributed by atoms with van der Waals surface area (Å²) >= 11 is 0. The van der Waals surface area contributed by atoms with Crippen LogP contribution in [0, 0.1) is 5.41 Å². The van der Waals surface area contributed by atoms with E-state index in [4.69, 9.17) is 0 Å². The summed E-state index contributed by atoms with van der Waals surface area (Å²) in [7, 11) is 1.36. The standard InChI is InChI=1S/C12H24O3/c1-5-6-7-8-9-10(13)12(2,3)11(14)15-4/h10,13H,5-9H2,1-4H3. The fourth-order valence-corrected chi connectivity index (χ4v) is 1.52. The Labute approximate surface area is 92.8 Å². The molecule has 3 nitrogen and oxygen atoms in total. The molecule has 0 saturated heterocycles. The largest absolute Gasteiger partial charge is 0.469 e. The minimum absolute atomic E-state index is 0.342. The molecule has 15 heavy (non-hydrogen) atoms. The molecule has 0 rings (SSSR count). The summed E-state index contributed by atoms with van der Waals surface area (Å²) in [4.78, 5) is 11.4. The van der Waals surface area contributed by atoms with Gasteiger partial charge in [-0.3, -0.25) is 4.79 Å². The molecule has 90 valence electrons. The van der Waals surface area contributed by atoms with Crippen LogP contribution in [0.25, 0.3) is 0 Å². The number of ether oxygens (including phenoxy) is 1. The number of carbonyl (C=O) groups is 1. The Morgan fingerprint density at radius 1 is 1.33 bits per heavy atom. The Morgan fingerprint density at radius 3 is 2.40 bits per heavy atom. The van der Waals surface area contributed by atoms with E-state index in [9.17, 15) is 9.90 Å². The van der Waals surface area contributed by atoms with Crippen molar-refractivity contribution >= 4 is 5.97 Å². The summed E-state index contributed by atoms with van der Waals surface area (Å²) in [6.07, 6.45) is 4.51.